The number of nitrogens with one attached hydrogen (secondary N) is 2. The quantitative estimate of drug-likeness (QED) is 0.323. The number of carbonyl (C=O) groups excluding carboxylic acids is 2. The molecule has 0 unspecified atom stereocenters. The molecule has 0 radical (unpaired) electrons. The lowest BCUT2D eigenvalue weighted by molar-refractivity contribution is -0.145. The highest BCUT2D eigenvalue weighted by atomic mass is 35.5. The van der Waals surface area contributed by atoms with Gasteiger partial charge in [0.1, 0.15) is 0 Å². The van der Waals surface area contributed by atoms with Crippen molar-refractivity contribution in [1.82, 2.24) is 15.2 Å². The monoisotopic (exact) mass is 583 g/mol. The maximum atomic E-state index is 13.5. The number of amides is 2. The number of carbonyl (C=O) groups is 3. The molecule has 224 valence electrons. The van der Waals surface area contributed by atoms with Gasteiger partial charge in [0.15, 0.2) is 0 Å². The minimum absolute atomic E-state index is 0.145. The van der Waals surface area contributed by atoms with Gasteiger partial charge in [0.2, 0.25) is 0 Å². The number of carboxylic acid groups (broad SMARTS) is 1. The molecule has 3 N–H and O–H groups in total. The van der Waals surface area contributed by atoms with Gasteiger partial charge in [0.05, 0.1) is 27.8 Å². The molecule has 7 nitrogen and oxygen atoms in total. The van der Waals surface area contributed by atoms with Crippen LogP contribution in [0.5, 0.6) is 0 Å². The molecule has 2 saturated carbocycles. The molecule has 8 heteroatoms. The second-order valence-corrected chi connectivity index (χ2v) is 14.5. The first-order valence-corrected chi connectivity index (χ1v) is 15.3. The highest BCUT2D eigenvalue weighted by Crippen LogP contribution is 2.39. The molecule has 1 heterocycles. The van der Waals surface area contributed by atoms with Gasteiger partial charge < -0.3 is 20.3 Å². The molecule has 1 aromatic carbocycles. The summed E-state index contributed by atoms with van der Waals surface area (Å²) in [4.78, 5) is 38.2. The number of carboxylic acids is 1. The number of halogens is 1. The van der Waals surface area contributed by atoms with Gasteiger partial charge in [-0.15, -0.1) is 0 Å². The largest absolute Gasteiger partial charge is 0.481 e. The smallest absolute Gasteiger partial charge is 0.306 e. The first-order valence-electron chi connectivity index (χ1n) is 15.0. The topological polar surface area (TPSA) is 100 Å². The van der Waals surface area contributed by atoms with Crippen LogP contribution in [0.3, 0.4) is 0 Å². The molecule has 1 aromatic heterocycles. The van der Waals surface area contributed by atoms with Crippen molar-refractivity contribution in [2.45, 2.75) is 117 Å². The zero-order valence-corrected chi connectivity index (χ0v) is 26.4. The van der Waals surface area contributed by atoms with Gasteiger partial charge in [-0.25, -0.2) is 0 Å². The Labute approximate surface area is 249 Å². The Kier molecular flexibility index (Phi) is 8.98. The molecule has 0 aliphatic heterocycles. The van der Waals surface area contributed by atoms with Crippen molar-refractivity contribution in [1.29, 1.82) is 0 Å². The van der Waals surface area contributed by atoms with Gasteiger partial charge in [-0.1, -0.05) is 51.6 Å². The summed E-state index contributed by atoms with van der Waals surface area (Å²) in [7, 11) is 0. The van der Waals surface area contributed by atoms with E-state index in [0.29, 0.717) is 34.9 Å². The number of aromatic nitrogens is 1. The minimum atomic E-state index is -0.813. The third-order valence-corrected chi connectivity index (χ3v) is 8.95. The van der Waals surface area contributed by atoms with Gasteiger partial charge in [-0.05, 0) is 88.5 Å². The Hall–Kier alpha value is -2.80. The molecule has 0 bridgehead atoms. The maximum absolute atomic E-state index is 13.5. The predicted molar refractivity (Wildman–Crippen MR) is 164 cm³/mol. The van der Waals surface area contributed by atoms with Crippen LogP contribution in [0.1, 0.15) is 118 Å². The minimum Gasteiger partial charge on any atom is -0.481 e. The van der Waals surface area contributed by atoms with E-state index in [9.17, 15) is 19.5 Å². The summed E-state index contributed by atoms with van der Waals surface area (Å²) in [5.41, 5.74) is 3.73. The third-order valence-electron chi connectivity index (χ3n) is 8.55. The van der Waals surface area contributed by atoms with E-state index in [4.69, 9.17) is 11.6 Å². The molecule has 2 aliphatic rings. The summed E-state index contributed by atoms with van der Waals surface area (Å²) in [6.45, 7) is 14.9. The first-order chi connectivity index (χ1) is 19.0. The van der Waals surface area contributed by atoms with Crippen LogP contribution >= 0.6 is 11.6 Å². The van der Waals surface area contributed by atoms with Crippen LogP contribution in [-0.2, 0) is 16.8 Å². The average molecular weight is 584 g/mol. The number of nitrogens with zero attached hydrogens (tertiary/aromatic N) is 1. The Morgan fingerprint density at radius 1 is 0.951 bits per heavy atom. The van der Waals surface area contributed by atoms with E-state index in [2.05, 4.69) is 42.0 Å². The lowest BCUT2D eigenvalue weighted by Gasteiger charge is -2.32. The normalized spacial score (nSPS) is 19.9. The number of benzene rings is 1. The number of hydrogen-bond acceptors (Lipinski definition) is 3. The molecule has 0 saturated heterocycles. The number of aliphatic carboxylic acids is 1. The first kappa shape index (κ1) is 31.1. The Bertz CT molecular complexity index is 1320. The van der Waals surface area contributed by atoms with E-state index in [0.717, 1.165) is 41.9 Å². The fourth-order valence-corrected chi connectivity index (χ4v) is 6.27. The molecule has 41 heavy (non-hydrogen) atoms. The second-order valence-electron chi connectivity index (χ2n) is 14.2. The maximum Gasteiger partial charge on any atom is 0.306 e. The number of hydrogen-bond donors (Lipinski definition) is 3. The SMILES string of the molecule is Cc1c(C(=O)NC2CC(C(=O)O)C2)cc(-c2cc(C(C)(C)C)cc(C(=O)NC(C)(C)C)c2Cl)n1CC1CCCCC1. The fraction of sp³-hybridized carbons (Fsp3) is 0.606. The van der Waals surface area contributed by atoms with Crippen molar-refractivity contribution in [3.05, 3.63) is 45.6 Å². The number of rotatable bonds is 7. The summed E-state index contributed by atoms with van der Waals surface area (Å²) in [5, 5.41) is 15.7. The molecule has 0 spiro atoms. The Morgan fingerprint density at radius 3 is 2.15 bits per heavy atom. The van der Waals surface area contributed by atoms with Gasteiger partial charge >= 0.3 is 5.97 Å². The van der Waals surface area contributed by atoms with Gasteiger partial charge in [-0.2, -0.15) is 0 Å². The highest BCUT2D eigenvalue weighted by Gasteiger charge is 2.36. The van der Waals surface area contributed by atoms with E-state index >= 15 is 0 Å². The summed E-state index contributed by atoms with van der Waals surface area (Å²) >= 11 is 7.08. The lowest BCUT2D eigenvalue weighted by atomic mass is 9.80. The van der Waals surface area contributed by atoms with E-state index in [1.54, 1.807) is 0 Å². The van der Waals surface area contributed by atoms with Crippen LogP contribution in [0.25, 0.3) is 11.3 Å². The van der Waals surface area contributed by atoms with E-state index in [-0.39, 0.29) is 23.3 Å². The van der Waals surface area contributed by atoms with Crippen LogP contribution < -0.4 is 10.6 Å². The average Bonchev–Trinajstić information content (AvgIpc) is 3.15. The van der Waals surface area contributed by atoms with Crippen molar-refractivity contribution in [2.24, 2.45) is 11.8 Å². The van der Waals surface area contributed by atoms with Gasteiger partial charge in [-0.3, -0.25) is 14.4 Å². The van der Waals surface area contributed by atoms with Crippen LogP contribution in [0.2, 0.25) is 5.02 Å². The van der Waals surface area contributed by atoms with Gasteiger partial charge in [0, 0.05) is 29.4 Å². The zero-order valence-electron chi connectivity index (χ0n) is 25.6. The van der Waals surface area contributed by atoms with Crippen molar-refractivity contribution in [3.8, 4) is 11.3 Å². The molecule has 2 fully saturated rings. The third kappa shape index (κ3) is 7.17. The highest BCUT2D eigenvalue weighted by molar-refractivity contribution is 6.36. The molecular weight excluding hydrogens is 538 g/mol. The van der Waals surface area contributed by atoms with Crippen LogP contribution in [-0.4, -0.2) is 39.0 Å². The molecule has 4 rings (SSSR count). The Morgan fingerprint density at radius 2 is 1.59 bits per heavy atom. The molecule has 2 aromatic rings. The lowest BCUT2D eigenvalue weighted by Crippen LogP contribution is -2.46. The van der Waals surface area contributed by atoms with Crippen LogP contribution in [0.4, 0.5) is 0 Å². The summed E-state index contributed by atoms with van der Waals surface area (Å²) in [6.07, 6.45) is 6.85. The van der Waals surface area contributed by atoms with Crippen molar-refractivity contribution in [2.75, 3.05) is 0 Å². The Balaban J connectivity index is 1.80. The summed E-state index contributed by atoms with van der Waals surface area (Å²) in [6, 6.07) is 5.71. The second kappa shape index (κ2) is 11.8. The van der Waals surface area contributed by atoms with Crippen LogP contribution in [0.15, 0.2) is 18.2 Å². The van der Waals surface area contributed by atoms with E-state index < -0.39 is 17.4 Å². The molecular formula is C33H46ClN3O4. The standard InChI is InChI=1S/C33H46ClN3O4/c1-19-24(29(38)35-23-13-21(14-23)31(40)41)17-27(37(19)18-20-11-9-8-10-12-20)25-15-22(32(2,3)4)16-26(28(25)34)30(39)36-33(5,6)7/h15-17,20-21,23H,8-14,18H2,1-7H3,(H,35,38)(H,36,39)(H,40,41). The van der Waals surface area contributed by atoms with E-state index in [1.807, 2.05) is 39.8 Å². The van der Waals surface area contributed by atoms with Crippen molar-refractivity contribution in [3.63, 3.8) is 0 Å². The fourth-order valence-electron chi connectivity index (χ4n) is 5.98. The van der Waals surface area contributed by atoms with Gasteiger partial charge in [0.25, 0.3) is 11.8 Å². The zero-order chi connectivity index (χ0) is 30.3. The van der Waals surface area contributed by atoms with Crippen molar-refractivity contribution < 1.29 is 19.5 Å². The molecule has 2 amide bonds. The predicted octanol–water partition coefficient (Wildman–Crippen LogP) is 7.12. The molecule has 2 aliphatic carbocycles. The van der Waals surface area contributed by atoms with E-state index in [1.165, 1.54) is 19.3 Å². The summed E-state index contributed by atoms with van der Waals surface area (Å²) < 4.78 is 2.21. The van der Waals surface area contributed by atoms with Crippen molar-refractivity contribution >= 4 is 29.4 Å². The summed E-state index contributed by atoms with van der Waals surface area (Å²) in [5.74, 6) is -1.14. The molecule has 0 atom stereocenters. The van der Waals surface area contributed by atoms with Crippen LogP contribution in [0, 0.1) is 18.8 Å².